The zero-order chi connectivity index (χ0) is 19.5. The molecule has 0 bridgehead atoms. The largest absolute Gasteiger partial charge is 0.312 e. The fraction of sp³-hybridized carbons (Fsp3) is 0.391. The van der Waals surface area contributed by atoms with Gasteiger partial charge >= 0.3 is 0 Å². The Kier molecular flexibility index (Phi) is 5.79. The molecule has 1 aromatic carbocycles. The Hall–Kier alpha value is -2.17. The number of halogens is 1. The van der Waals surface area contributed by atoms with Crippen LogP contribution in [0.2, 0.25) is 5.02 Å². The van der Waals surface area contributed by atoms with E-state index in [0.717, 1.165) is 21.8 Å². The number of benzene rings is 1. The van der Waals surface area contributed by atoms with Crippen molar-refractivity contribution in [1.82, 2.24) is 20.5 Å². The van der Waals surface area contributed by atoms with Crippen molar-refractivity contribution in [3.63, 3.8) is 0 Å². The van der Waals surface area contributed by atoms with Gasteiger partial charge in [-0.3, -0.25) is 10.1 Å². The Labute approximate surface area is 171 Å². The topological polar surface area (TPSA) is 53.6 Å². The highest BCUT2D eigenvalue weighted by atomic mass is 35.5. The van der Waals surface area contributed by atoms with Crippen LogP contribution in [0.3, 0.4) is 0 Å². The highest BCUT2D eigenvalue weighted by Crippen LogP contribution is 2.41. The number of hydrogen-bond acceptors (Lipinski definition) is 3. The molecule has 0 atom stereocenters. The first-order valence-electron chi connectivity index (χ1n) is 10.1. The summed E-state index contributed by atoms with van der Waals surface area (Å²) in [5, 5.41) is 12.5. The summed E-state index contributed by atoms with van der Waals surface area (Å²) in [6.45, 7) is 4.45. The molecule has 2 heterocycles. The van der Waals surface area contributed by atoms with E-state index in [0.29, 0.717) is 18.0 Å². The first kappa shape index (κ1) is 19.2. The second kappa shape index (κ2) is 8.46. The van der Waals surface area contributed by atoms with Crippen molar-refractivity contribution in [3.05, 3.63) is 59.5 Å². The molecule has 146 valence electrons. The van der Waals surface area contributed by atoms with Crippen LogP contribution in [0.1, 0.15) is 51.1 Å². The highest BCUT2D eigenvalue weighted by Gasteiger charge is 2.28. The zero-order valence-corrected chi connectivity index (χ0v) is 17.2. The van der Waals surface area contributed by atoms with Crippen LogP contribution < -0.4 is 5.32 Å². The van der Waals surface area contributed by atoms with Gasteiger partial charge in [0, 0.05) is 52.2 Å². The Morgan fingerprint density at radius 3 is 2.29 bits per heavy atom. The molecule has 0 radical (unpaired) electrons. The molecule has 3 aromatic rings. The third-order valence-corrected chi connectivity index (χ3v) is 5.84. The highest BCUT2D eigenvalue weighted by molar-refractivity contribution is 6.30. The number of nitrogens with zero attached hydrogens (tertiary/aromatic N) is 2. The molecule has 1 aliphatic rings. The van der Waals surface area contributed by atoms with Crippen molar-refractivity contribution in [3.8, 4) is 22.4 Å². The maximum Gasteiger partial charge on any atom is 0.100 e. The Morgan fingerprint density at radius 1 is 0.964 bits per heavy atom. The Bertz CT molecular complexity index is 894. The number of pyridine rings is 1. The van der Waals surface area contributed by atoms with E-state index in [1.807, 2.05) is 36.7 Å². The van der Waals surface area contributed by atoms with Crippen molar-refractivity contribution in [1.29, 1.82) is 0 Å². The standard InChI is InChI=1S/C23H27ClN4/c1-15(2)26-20-9-5-18(6-10-20)23-21(16-11-13-25-14-12-16)22(27-28-23)17-3-7-19(24)8-4-17/h3-4,7-8,11-15,18,20,26H,5-6,9-10H2,1-2H3,(H,27,28)/t18-,20+. The predicted molar refractivity (Wildman–Crippen MR) is 116 cm³/mol. The first-order valence-corrected chi connectivity index (χ1v) is 10.5. The predicted octanol–water partition coefficient (Wildman–Crippen LogP) is 5.82. The molecule has 5 heteroatoms. The van der Waals surface area contributed by atoms with Crippen molar-refractivity contribution in [2.45, 2.75) is 57.5 Å². The van der Waals surface area contributed by atoms with Gasteiger partial charge in [-0.25, -0.2) is 0 Å². The van der Waals surface area contributed by atoms with Crippen LogP contribution in [0.4, 0.5) is 0 Å². The van der Waals surface area contributed by atoms with Crippen molar-refractivity contribution < 1.29 is 0 Å². The normalized spacial score (nSPS) is 19.9. The van der Waals surface area contributed by atoms with E-state index in [1.54, 1.807) is 0 Å². The maximum absolute atomic E-state index is 6.09. The molecule has 2 aromatic heterocycles. The van der Waals surface area contributed by atoms with Gasteiger partial charge in [-0.1, -0.05) is 37.6 Å². The summed E-state index contributed by atoms with van der Waals surface area (Å²) in [7, 11) is 0. The fourth-order valence-electron chi connectivity index (χ4n) is 4.30. The van der Waals surface area contributed by atoms with E-state index >= 15 is 0 Å². The summed E-state index contributed by atoms with van der Waals surface area (Å²) in [4.78, 5) is 4.19. The summed E-state index contributed by atoms with van der Waals surface area (Å²) in [5.74, 6) is 0.502. The molecular weight excluding hydrogens is 368 g/mol. The van der Waals surface area contributed by atoms with Gasteiger partial charge in [-0.15, -0.1) is 0 Å². The third kappa shape index (κ3) is 4.13. The lowest BCUT2D eigenvalue weighted by atomic mass is 9.81. The van der Waals surface area contributed by atoms with Crippen molar-refractivity contribution in [2.75, 3.05) is 0 Å². The lowest BCUT2D eigenvalue weighted by Gasteiger charge is -2.30. The zero-order valence-electron chi connectivity index (χ0n) is 16.5. The number of hydrogen-bond donors (Lipinski definition) is 2. The molecule has 4 rings (SSSR count). The van der Waals surface area contributed by atoms with E-state index < -0.39 is 0 Å². The van der Waals surface area contributed by atoms with Crippen molar-refractivity contribution in [2.24, 2.45) is 0 Å². The smallest absolute Gasteiger partial charge is 0.100 e. The van der Waals surface area contributed by atoms with Gasteiger partial charge in [0.15, 0.2) is 0 Å². The molecule has 2 N–H and O–H groups in total. The molecule has 0 aliphatic heterocycles. The molecule has 1 fully saturated rings. The van der Waals surface area contributed by atoms with Gasteiger partial charge in [-0.2, -0.15) is 5.10 Å². The molecule has 0 spiro atoms. The minimum atomic E-state index is 0.502. The molecule has 28 heavy (non-hydrogen) atoms. The summed E-state index contributed by atoms with van der Waals surface area (Å²) in [5.41, 5.74) is 5.67. The number of H-pyrrole nitrogens is 1. The molecule has 0 amide bonds. The van der Waals surface area contributed by atoms with E-state index in [1.165, 1.54) is 36.9 Å². The number of rotatable bonds is 5. The van der Waals surface area contributed by atoms with Crippen LogP contribution in [0.15, 0.2) is 48.8 Å². The Balaban J connectivity index is 1.68. The second-order valence-electron chi connectivity index (χ2n) is 7.97. The van der Waals surface area contributed by atoms with E-state index in [2.05, 4.69) is 41.4 Å². The van der Waals surface area contributed by atoms with Gasteiger partial charge in [0.2, 0.25) is 0 Å². The summed E-state index contributed by atoms with van der Waals surface area (Å²) >= 11 is 6.09. The third-order valence-electron chi connectivity index (χ3n) is 5.59. The maximum atomic E-state index is 6.09. The second-order valence-corrected chi connectivity index (χ2v) is 8.41. The lowest BCUT2D eigenvalue weighted by Crippen LogP contribution is -2.37. The molecule has 1 aliphatic carbocycles. The summed E-state index contributed by atoms with van der Waals surface area (Å²) in [6.07, 6.45) is 8.44. The average Bonchev–Trinajstić information content (AvgIpc) is 3.14. The SMILES string of the molecule is CC(C)N[C@H]1CC[C@@H](c2[nH]nc(-c3ccc(Cl)cc3)c2-c2ccncc2)CC1. The molecule has 1 saturated carbocycles. The molecule has 4 nitrogen and oxygen atoms in total. The van der Waals surface area contributed by atoms with E-state index in [4.69, 9.17) is 16.7 Å². The van der Waals surface area contributed by atoms with Gasteiger partial charge in [0.25, 0.3) is 0 Å². The van der Waals surface area contributed by atoms with E-state index in [9.17, 15) is 0 Å². The van der Waals surface area contributed by atoms with Crippen LogP contribution in [0, 0.1) is 0 Å². The average molecular weight is 395 g/mol. The van der Waals surface area contributed by atoms with Crippen LogP contribution in [-0.2, 0) is 0 Å². The lowest BCUT2D eigenvalue weighted by molar-refractivity contribution is 0.323. The fourth-order valence-corrected chi connectivity index (χ4v) is 4.42. The quantitative estimate of drug-likeness (QED) is 0.573. The van der Waals surface area contributed by atoms with Crippen LogP contribution >= 0.6 is 11.6 Å². The van der Waals surface area contributed by atoms with Crippen molar-refractivity contribution >= 4 is 11.6 Å². The summed E-state index contributed by atoms with van der Waals surface area (Å²) in [6, 6.07) is 13.2. The van der Waals surface area contributed by atoms with Crippen LogP contribution in [0.25, 0.3) is 22.4 Å². The molecule has 0 unspecified atom stereocenters. The number of aromatic nitrogens is 3. The van der Waals surface area contributed by atoms with Crippen LogP contribution in [-0.4, -0.2) is 27.3 Å². The minimum Gasteiger partial charge on any atom is -0.312 e. The number of aromatic amines is 1. The van der Waals surface area contributed by atoms with Gasteiger partial charge < -0.3 is 5.32 Å². The van der Waals surface area contributed by atoms with Gasteiger partial charge in [0.1, 0.15) is 5.69 Å². The molecular formula is C23H27ClN4. The molecule has 0 saturated heterocycles. The van der Waals surface area contributed by atoms with Gasteiger partial charge in [0.05, 0.1) is 0 Å². The minimum absolute atomic E-state index is 0.502. The monoisotopic (exact) mass is 394 g/mol. The van der Waals surface area contributed by atoms with E-state index in [-0.39, 0.29) is 0 Å². The first-order chi connectivity index (χ1) is 13.6. The van der Waals surface area contributed by atoms with Gasteiger partial charge in [-0.05, 0) is 55.5 Å². The van der Waals surface area contributed by atoms with Crippen LogP contribution in [0.5, 0.6) is 0 Å². The number of nitrogens with one attached hydrogen (secondary N) is 2. The summed E-state index contributed by atoms with van der Waals surface area (Å²) < 4.78 is 0. The Morgan fingerprint density at radius 2 is 1.64 bits per heavy atom.